The summed E-state index contributed by atoms with van der Waals surface area (Å²) in [5, 5.41) is 1.11. The third-order valence-electron chi connectivity index (χ3n) is 2.59. The highest BCUT2D eigenvalue weighted by molar-refractivity contribution is 7.14. The lowest BCUT2D eigenvalue weighted by Gasteiger charge is -1.97. The van der Waals surface area contributed by atoms with Gasteiger partial charge in [0.2, 0.25) is 0 Å². The van der Waals surface area contributed by atoms with Crippen LogP contribution in [0.2, 0.25) is 0 Å². The van der Waals surface area contributed by atoms with Gasteiger partial charge in [0.1, 0.15) is 10.8 Å². The SMILES string of the molecule is CCCCC(=O)Cc1ccc(-n2ccnc2)s1. The van der Waals surface area contributed by atoms with E-state index in [-0.39, 0.29) is 0 Å². The topological polar surface area (TPSA) is 34.9 Å². The Balaban J connectivity index is 1.97. The summed E-state index contributed by atoms with van der Waals surface area (Å²) in [7, 11) is 0. The van der Waals surface area contributed by atoms with Crippen LogP contribution in [0.1, 0.15) is 31.1 Å². The van der Waals surface area contributed by atoms with Crippen LogP contribution in [0.25, 0.3) is 5.00 Å². The van der Waals surface area contributed by atoms with E-state index >= 15 is 0 Å². The third-order valence-corrected chi connectivity index (χ3v) is 3.69. The standard InChI is InChI=1S/C13H16N2OS/c1-2-3-4-11(16)9-12-5-6-13(17-12)15-8-7-14-10-15/h5-8,10H,2-4,9H2,1H3. The van der Waals surface area contributed by atoms with E-state index in [4.69, 9.17) is 0 Å². The van der Waals surface area contributed by atoms with E-state index in [1.165, 1.54) is 0 Å². The predicted octanol–water partition coefficient (Wildman–Crippen LogP) is 3.24. The number of thiophene rings is 1. The molecule has 2 rings (SSSR count). The maximum absolute atomic E-state index is 11.7. The van der Waals surface area contributed by atoms with E-state index < -0.39 is 0 Å². The first-order valence-corrected chi connectivity index (χ1v) is 6.70. The molecule has 90 valence electrons. The summed E-state index contributed by atoms with van der Waals surface area (Å²) in [6.07, 6.45) is 8.79. The van der Waals surface area contributed by atoms with Crippen LogP contribution < -0.4 is 0 Å². The highest BCUT2D eigenvalue weighted by Crippen LogP contribution is 2.21. The number of rotatable bonds is 6. The van der Waals surface area contributed by atoms with Gasteiger partial charge in [0.25, 0.3) is 0 Å². The van der Waals surface area contributed by atoms with Crippen LogP contribution in [0.3, 0.4) is 0 Å². The maximum atomic E-state index is 11.7. The van der Waals surface area contributed by atoms with Gasteiger partial charge in [-0.25, -0.2) is 4.98 Å². The van der Waals surface area contributed by atoms with E-state index in [0.29, 0.717) is 18.6 Å². The van der Waals surface area contributed by atoms with Crippen molar-refractivity contribution in [3.8, 4) is 5.00 Å². The molecule has 0 aromatic carbocycles. The molecular weight excluding hydrogens is 232 g/mol. The zero-order valence-corrected chi connectivity index (χ0v) is 10.7. The molecule has 4 heteroatoms. The lowest BCUT2D eigenvalue weighted by atomic mass is 10.1. The van der Waals surface area contributed by atoms with Crippen molar-refractivity contribution in [2.45, 2.75) is 32.6 Å². The number of carbonyl (C=O) groups excluding carboxylic acids is 1. The second-order valence-corrected chi connectivity index (χ2v) is 5.18. The van der Waals surface area contributed by atoms with Gasteiger partial charge in [-0.3, -0.25) is 9.36 Å². The first kappa shape index (κ1) is 12.0. The van der Waals surface area contributed by atoms with E-state index in [0.717, 1.165) is 22.7 Å². The molecule has 0 saturated heterocycles. The fourth-order valence-corrected chi connectivity index (χ4v) is 2.63. The molecule has 17 heavy (non-hydrogen) atoms. The van der Waals surface area contributed by atoms with Gasteiger partial charge in [0.15, 0.2) is 0 Å². The van der Waals surface area contributed by atoms with Gasteiger partial charge in [0.05, 0.1) is 6.33 Å². The minimum atomic E-state index is 0.339. The fourth-order valence-electron chi connectivity index (χ4n) is 1.65. The summed E-state index contributed by atoms with van der Waals surface area (Å²) in [5.74, 6) is 0.339. The summed E-state index contributed by atoms with van der Waals surface area (Å²) >= 11 is 1.65. The van der Waals surface area contributed by atoms with Crippen LogP contribution in [0.15, 0.2) is 30.9 Å². The molecule has 0 radical (unpaired) electrons. The Kier molecular flexibility index (Phi) is 4.09. The van der Waals surface area contributed by atoms with Gasteiger partial charge in [-0.1, -0.05) is 13.3 Å². The Morgan fingerprint density at radius 3 is 3.06 bits per heavy atom. The molecule has 0 N–H and O–H groups in total. The molecule has 3 nitrogen and oxygen atoms in total. The van der Waals surface area contributed by atoms with Crippen LogP contribution in [-0.2, 0) is 11.2 Å². The molecule has 0 bridgehead atoms. The summed E-state index contributed by atoms with van der Waals surface area (Å²) in [5.41, 5.74) is 0. The van der Waals surface area contributed by atoms with Gasteiger partial charge in [-0.15, -0.1) is 11.3 Å². The van der Waals surface area contributed by atoms with Gasteiger partial charge in [-0.2, -0.15) is 0 Å². The molecule has 2 aromatic heterocycles. The zero-order chi connectivity index (χ0) is 12.1. The number of ketones is 1. The quantitative estimate of drug-likeness (QED) is 0.786. The summed E-state index contributed by atoms with van der Waals surface area (Å²) < 4.78 is 1.96. The van der Waals surface area contributed by atoms with Crippen molar-refractivity contribution in [1.29, 1.82) is 0 Å². The van der Waals surface area contributed by atoms with Gasteiger partial charge >= 0.3 is 0 Å². The average molecular weight is 248 g/mol. The normalized spacial score (nSPS) is 10.6. The number of unbranched alkanes of at least 4 members (excludes halogenated alkanes) is 1. The zero-order valence-electron chi connectivity index (χ0n) is 9.93. The fraction of sp³-hybridized carbons (Fsp3) is 0.385. The van der Waals surface area contributed by atoms with E-state index in [1.807, 2.05) is 22.9 Å². The molecular formula is C13H16N2OS. The Hall–Kier alpha value is -1.42. The molecule has 0 spiro atoms. The van der Waals surface area contributed by atoms with Crippen LogP contribution in [-0.4, -0.2) is 15.3 Å². The molecule has 0 fully saturated rings. The third kappa shape index (κ3) is 3.27. The summed E-state index contributed by atoms with van der Waals surface area (Å²) in [6, 6.07) is 4.07. The number of aromatic nitrogens is 2. The lowest BCUT2D eigenvalue weighted by molar-refractivity contribution is -0.118. The predicted molar refractivity (Wildman–Crippen MR) is 69.7 cm³/mol. The van der Waals surface area contributed by atoms with Crippen LogP contribution in [0.4, 0.5) is 0 Å². The molecule has 0 aliphatic rings. The molecule has 0 unspecified atom stereocenters. The van der Waals surface area contributed by atoms with Crippen molar-refractivity contribution < 1.29 is 4.79 Å². The molecule has 2 heterocycles. The molecule has 0 aliphatic carbocycles. The summed E-state index contributed by atoms with van der Waals surface area (Å²) in [6.45, 7) is 2.11. The minimum Gasteiger partial charge on any atom is -0.299 e. The average Bonchev–Trinajstić information content (AvgIpc) is 2.95. The van der Waals surface area contributed by atoms with E-state index in [2.05, 4.69) is 11.9 Å². The number of Topliss-reactive ketones (excluding diaryl/α,β-unsaturated/α-hetero) is 1. The number of nitrogens with zero attached hydrogens (tertiary/aromatic N) is 2. The molecule has 2 aromatic rings. The van der Waals surface area contributed by atoms with E-state index in [9.17, 15) is 4.79 Å². The minimum absolute atomic E-state index is 0.339. The summed E-state index contributed by atoms with van der Waals surface area (Å²) in [4.78, 5) is 16.8. The first-order chi connectivity index (χ1) is 8.29. The Bertz CT molecular complexity index is 473. The largest absolute Gasteiger partial charge is 0.299 e. The number of carbonyl (C=O) groups is 1. The van der Waals surface area contributed by atoms with E-state index in [1.54, 1.807) is 23.9 Å². The van der Waals surface area contributed by atoms with Gasteiger partial charge in [-0.05, 0) is 18.6 Å². The highest BCUT2D eigenvalue weighted by Gasteiger charge is 2.06. The van der Waals surface area contributed by atoms with Crippen molar-refractivity contribution in [3.63, 3.8) is 0 Å². The van der Waals surface area contributed by atoms with Crippen LogP contribution in [0, 0.1) is 0 Å². The van der Waals surface area contributed by atoms with Crippen molar-refractivity contribution in [1.82, 2.24) is 9.55 Å². The first-order valence-electron chi connectivity index (χ1n) is 5.88. The van der Waals surface area contributed by atoms with Crippen molar-refractivity contribution in [2.75, 3.05) is 0 Å². The number of hydrogen-bond acceptors (Lipinski definition) is 3. The molecule has 0 saturated carbocycles. The van der Waals surface area contributed by atoms with Gasteiger partial charge < -0.3 is 0 Å². The molecule has 0 aliphatic heterocycles. The second kappa shape index (κ2) is 5.77. The Morgan fingerprint density at radius 2 is 2.35 bits per heavy atom. The molecule has 0 amide bonds. The maximum Gasteiger partial charge on any atom is 0.138 e. The van der Waals surface area contributed by atoms with Crippen molar-refractivity contribution in [2.24, 2.45) is 0 Å². The molecule has 0 atom stereocenters. The number of imidazole rings is 1. The van der Waals surface area contributed by atoms with Crippen molar-refractivity contribution in [3.05, 3.63) is 35.7 Å². The monoisotopic (exact) mass is 248 g/mol. The Morgan fingerprint density at radius 1 is 1.47 bits per heavy atom. The van der Waals surface area contributed by atoms with Gasteiger partial charge in [0, 0.05) is 30.1 Å². The highest BCUT2D eigenvalue weighted by atomic mass is 32.1. The number of hydrogen-bond donors (Lipinski definition) is 0. The smallest absolute Gasteiger partial charge is 0.138 e. The second-order valence-electron chi connectivity index (χ2n) is 4.03. The van der Waals surface area contributed by atoms with Crippen LogP contribution >= 0.6 is 11.3 Å². The lowest BCUT2D eigenvalue weighted by Crippen LogP contribution is -2.00. The van der Waals surface area contributed by atoms with Crippen LogP contribution in [0.5, 0.6) is 0 Å². The van der Waals surface area contributed by atoms with Crippen molar-refractivity contribution >= 4 is 17.1 Å². The Labute approximate surface area is 105 Å².